The van der Waals surface area contributed by atoms with Gasteiger partial charge in [0.15, 0.2) is 0 Å². The summed E-state index contributed by atoms with van der Waals surface area (Å²) in [6.45, 7) is 2.33. The molecule has 0 aliphatic heterocycles. The highest BCUT2D eigenvalue weighted by atomic mass is 16.2. The molecule has 28 heavy (non-hydrogen) atoms. The molecule has 1 unspecified atom stereocenters. The third kappa shape index (κ3) is 5.68. The molecule has 2 amide bonds. The van der Waals surface area contributed by atoms with Crippen molar-refractivity contribution in [2.45, 2.75) is 32.2 Å². The van der Waals surface area contributed by atoms with E-state index in [1.54, 1.807) is 0 Å². The summed E-state index contributed by atoms with van der Waals surface area (Å²) in [5.41, 5.74) is 1.88. The zero-order valence-electron chi connectivity index (χ0n) is 16.2. The fourth-order valence-electron chi connectivity index (χ4n) is 3.17. The lowest BCUT2D eigenvalue weighted by Crippen LogP contribution is -2.35. The molecule has 0 radical (unpaired) electrons. The smallest absolute Gasteiger partial charge is 0.251 e. The number of hydrogen-bond donors (Lipinski definition) is 2. The van der Waals surface area contributed by atoms with E-state index in [0.717, 1.165) is 23.6 Å². The molecule has 0 saturated heterocycles. The van der Waals surface area contributed by atoms with Gasteiger partial charge in [0.25, 0.3) is 5.91 Å². The summed E-state index contributed by atoms with van der Waals surface area (Å²) < 4.78 is 0. The summed E-state index contributed by atoms with van der Waals surface area (Å²) in [6, 6.07) is 23.9. The standard InChI is InChI=1S/C24H26N2O2/c1-18(11-12-19-7-3-2-4-8-19)26-23(27)15-16-25-24(28)22-14-13-20-9-5-6-10-21(20)17-22/h2-10,13-14,17-18H,11-12,15-16H2,1H3,(H,25,28)(H,26,27). The van der Waals surface area contributed by atoms with Gasteiger partial charge in [-0.2, -0.15) is 0 Å². The highest BCUT2D eigenvalue weighted by Gasteiger charge is 2.10. The predicted molar refractivity (Wildman–Crippen MR) is 113 cm³/mol. The third-order valence-corrected chi connectivity index (χ3v) is 4.77. The van der Waals surface area contributed by atoms with Crippen molar-refractivity contribution in [3.8, 4) is 0 Å². The minimum absolute atomic E-state index is 0.0422. The van der Waals surface area contributed by atoms with Crippen LogP contribution in [0.25, 0.3) is 10.8 Å². The van der Waals surface area contributed by atoms with Crippen LogP contribution < -0.4 is 10.6 Å². The Bertz CT molecular complexity index is 938. The maximum Gasteiger partial charge on any atom is 0.251 e. The zero-order chi connectivity index (χ0) is 19.8. The summed E-state index contributed by atoms with van der Waals surface area (Å²) in [7, 11) is 0. The average molecular weight is 374 g/mol. The lowest BCUT2D eigenvalue weighted by Gasteiger charge is -2.14. The molecule has 4 heteroatoms. The van der Waals surface area contributed by atoms with Crippen LogP contribution >= 0.6 is 0 Å². The van der Waals surface area contributed by atoms with Crippen molar-refractivity contribution in [3.63, 3.8) is 0 Å². The van der Waals surface area contributed by atoms with Crippen LogP contribution in [-0.2, 0) is 11.2 Å². The first-order chi connectivity index (χ1) is 13.6. The van der Waals surface area contributed by atoms with E-state index in [-0.39, 0.29) is 24.3 Å². The van der Waals surface area contributed by atoms with Crippen molar-refractivity contribution in [2.75, 3.05) is 6.54 Å². The van der Waals surface area contributed by atoms with Crippen molar-refractivity contribution in [1.29, 1.82) is 0 Å². The van der Waals surface area contributed by atoms with E-state index in [9.17, 15) is 9.59 Å². The van der Waals surface area contributed by atoms with Crippen molar-refractivity contribution >= 4 is 22.6 Å². The van der Waals surface area contributed by atoms with E-state index in [0.29, 0.717) is 12.1 Å². The molecule has 0 aliphatic carbocycles. The van der Waals surface area contributed by atoms with Crippen LogP contribution in [0.15, 0.2) is 72.8 Å². The van der Waals surface area contributed by atoms with Crippen molar-refractivity contribution in [1.82, 2.24) is 10.6 Å². The number of aryl methyl sites for hydroxylation is 1. The summed E-state index contributed by atoms with van der Waals surface area (Å²) in [6.07, 6.45) is 2.09. The third-order valence-electron chi connectivity index (χ3n) is 4.77. The van der Waals surface area contributed by atoms with Crippen LogP contribution in [0.1, 0.15) is 35.7 Å². The normalized spacial score (nSPS) is 11.8. The van der Waals surface area contributed by atoms with Gasteiger partial charge in [-0.15, -0.1) is 0 Å². The van der Waals surface area contributed by atoms with Crippen LogP contribution in [0.2, 0.25) is 0 Å². The maximum atomic E-state index is 12.3. The fraction of sp³-hybridized carbons (Fsp3) is 0.250. The number of carbonyl (C=O) groups is 2. The van der Waals surface area contributed by atoms with Gasteiger partial charge in [0.2, 0.25) is 5.91 Å². The Hall–Kier alpha value is -3.14. The Morgan fingerprint density at radius 1 is 0.893 bits per heavy atom. The van der Waals surface area contributed by atoms with Gasteiger partial charge < -0.3 is 10.6 Å². The summed E-state index contributed by atoms with van der Waals surface area (Å²) in [5, 5.41) is 7.95. The Labute approximate surface area is 166 Å². The SMILES string of the molecule is CC(CCc1ccccc1)NC(=O)CCNC(=O)c1ccc2ccccc2c1. The summed E-state index contributed by atoms with van der Waals surface area (Å²) in [4.78, 5) is 24.4. The minimum Gasteiger partial charge on any atom is -0.354 e. The highest BCUT2D eigenvalue weighted by molar-refractivity contribution is 5.98. The Balaban J connectivity index is 1.39. The molecule has 1 atom stereocenters. The number of rotatable bonds is 8. The van der Waals surface area contributed by atoms with Crippen molar-refractivity contribution in [2.24, 2.45) is 0 Å². The largest absolute Gasteiger partial charge is 0.354 e. The van der Waals surface area contributed by atoms with Crippen LogP contribution in [0, 0.1) is 0 Å². The zero-order valence-corrected chi connectivity index (χ0v) is 16.2. The van der Waals surface area contributed by atoms with Crippen LogP contribution in [0.5, 0.6) is 0 Å². The molecule has 0 saturated carbocycles. The molecule has 2 N–H and O–H groups in total. The molecule has 3 aromatic carbocycles. The predicted octanol–water partition coefficient (Wildman–Crippen LogP) is 4.10. The van der Waals surface area contributed by atoms with Crippen LogP contribution in [0.4, 0.5) is 0 Å². The second-order valence-electron chi connectivity index (χ2n) is 7.06. The first-order valence-corrected chi connectivity index (χ1v) is 9.72. The molecule has 0 spiro atoms. The lowest BCUT2D eigenvalue weighted by molar-refractivity contribution is -0.121. The summed E-state index contributed by atoms with van der Waals surface area (Å²) >= 11 is 0. The molecule has 0 fully saturated rings. The molecule has 0 aromatic heterocycles. The lowest BCUT2D eigenvalue weighted by atomic mass is 10.1. The van der Waals surface area contributed by atoms with E-state index in [1.807, 2.05) is 67.6 Å². The van der Waals surface area contributed by atoms with E-state index in [4.69, 9.17) is 0 Å². The molecule has 0 aliphatic rings. The topological polar surface area (TPSA) is 58.2 Å². The van der Waals surface area contributed by atoms with Gasteiger partial charge in [0.05, 0.1) is 0 Å². The number of nitrogens with one attached hydrogen (secondary N) is 2. The van der Waals surface area contributed by atoms with Crippen molar-refractivity contribution in [3.05, 3.63) is 83.9 Å². The number of amides is 2. The molecule has 3 rings (SSSR count). The average Bonchev–Trinajstić information content (AvgIpc) is 2.72. The van der Waals surface area contributed by atoms with E-state index in [1.165, 1.54) is 5.56 Å². The van der Waals surface area contributed by atoms with E-state index < -0.39 is 0 Å². The molecular formula is C24H26N2O2. The monoisotopic (exact) mass is 374 g/mol. The fourth-order valence-corrected chi connectivity index (χ4v) is 3.17. The second-order valence-corrected chi connectivity index (χ2v) is 7.06. The van der Waals surface area contributed by atoms with Gasteiger partial charge in [-0.05, 0) is 48.2 Å². The van der Waals surface area contributed by atoms with Gasteiger partial charge in [-0.3, -0.25) is 9.59 Å². The number of benzene rings is 3. The van der Waals surface area contributed by atoms with Crippen LogP contribution in [-0.4, -0.2) is 24.4 Å². The van der Waals surface area contributed by atoms with Gasteiger partial charge in [-0.25, -0.2) is 0 Å². The maximum absolute atomic E-state index is 12.3. The van der Waals surface area contributed by atoms with Crippen molar-refractivity contribution < 1.29 is 9.59 Å². The first-order valence-electron chi connectivity index (χ1n) is 9.72. The summed E-state index contributed by atoms with van der Waals surface area (Å²) in [5.74, 6) is -0.199. The highest BCUT2D eigenvalue weighted by Crippen LogP contribution is 2.15. The quantitative estimate of drug-likeness (QED) is 0.624. The number of carbonyl (C=O) groups excluding carboxylic acids is 2. The van der Waals surface area contributed by atoms with E-state index in [2.05, 4.69) is 22.8 Å². The van der Waals surface area contributed by atoms with Crippen LogP contribution in [0.3, 0.4) is 0 Å². The number of hydrogen-bond acceptors (Lipinski definition) is 2. The van der Waals surface area contributed by atoms with Gasteiger partial charge in [-0.1, -0.05) is 60.7 Å². The first kappa shape index (κ1) is 19.6. The second kappa shape index (κ2) is 9.70. The molecule has 0 heterocycles. The van der Waals surface area contributed by atoms with Gasteiger partial charge >= 0.3 is 0 Å². The molecule has 144 valence electrons. The Morgan fingerprint density at radius 3 is 2.39 bits per heavy atom. The molecule has 4 nitrogen and oxygen atoms in total. The van der Waals surface area contributed by atoms with Gasteiger partial charge in [0, 0.05) is 24.6 Å². The Morgan fingerprint density at radius 2 is 1.61 bits per heavy atom. The molecular weight excluding hydrogens is 348 g/mol. The Kier molecular flexibility index (Phi) is 6.79. The van der Waals surface area contributed by atoms with Gasteiger partial charge in [0.1, 0.15) is 0 Å². The molecule has 3 aromatic rings. The molecule has 0 bridgehead atoms. The minimum atomic E-state index is -0.157. The van der Waals surface area contributed by atoms with E-state index >= 15 is 0 Å². The number of fused-ring (bicyclic) bond motifs is 1.